The van der Waals surface area contributed by atoms with Crippen molar-refractivity contribution in [1.82, 2.24) is 5.32 Å². The van der Waals surface area contributed by atoms with E-state index in [1.807, 2.05) is 25.1 Å². The van der Waals surface area contributed by atoms with Gasteiger partial charge in [0, 0.05) is 29.3 Å². The van der Waals surface area contributed by atoms with Crippen LogP contribution in [0.15, 0.2) is 18.2 Å². The Bertz CT molecular complexity index is 351. The predicted octanol–water partition coefficient (Wildman–Crippen LogP) is 4.33. The number of nitrogens with one attached hydrogen (secondary N) is 1. The second-order valence-corrected chi connectivity index (χ2v) is 5.31. The Labute approximate surface area is 126 Å². The molecule has 1 N–H and O–H groups in total. The number of likely N-dealkylation sites (N-methyl/N-ethyl adjacent to an activating group) is 1. The zero-order valence-electron chi connectivity index (χ0n) is 11.7. The second-order valence-electron chi connectivity index (χ2n) is 4.50. The van der Waals surface area contributed by atoms with Crippen molar-refractivity contribution in [3.8, 4) is 0 Å². The maximum Gasteiger partial charge on any atom is 0.0466 e. The SMILES string of the molecule is CCNC(CCCOCC)Cc1c(Cl)cccc1Cl. The van der Waals surface area contributed by atoms with Gasteiger partial charge in [0.05, 0.1) is 0 Å². The Morgan fingerprint density at radius 2 is 1.89 bits per heavy atom. The summed E-state index contributed by atoms with van der Waals surface area (Å²) < 4.78 is 5.38. The zero-order valence-corrected chi connectivity index (χ0v) is 13.2. The smallest absolute Gasteiger partial charge is 0.0466 e. The van der Waals surface area contributed by atoms with Crippen molar-refractivity contribution in [2.45, 2.75) is 39.2 Å². The highest BCUT2D eigenvalue weighted by atomic mass is 35.5. The molecule has 0 aliphatic rings. The first-order chi connectivity index (χ1) is 9.19. The summed E-state index contributed by atoms with van der Waals surface area (Å²) in [5.41, 5.74) is 1.04. The predicted molar refractivity (Wildman–Crippen MR) is 83.4 cm³/mol. The van der Waals surface area contributed by atoms with Gasteiger partial charge in [0.1, 0.15) is 0 Å². The van der Waals surface area contributed by atoms with Crippen LogP contribution in [0.3, 0.4) is 0 Å². The average molecular weight is 304 g/mol. The molecule has 0 saturated carbocycles. The molecule has 1 aromatic carbocycles. The molecule has 0 fully saturated rings. The molecule has 0 amide bonds. The normalized spacial score (nSPS) is 12.6. The molecule has 1 rings (SSSR count). The molecular weight excluding hydrogens is 281 g/mol. The summed E-state index contributed by atoms with van der Waals surface area (Å²) in [6, 6.07) is 6.06. The van der Waals surface area contributed by atoms with Gasteiger partial charge in [0.25, 0.3) is 0 Å². The summed E-state index contributed by atoms with van der Waals surface area (Å²) in [5, 5.41) is 4.99. The molecule has 0 aliphatic heterocycles. The van der Waals surface area contributed by atoms with Gasteiger partial charge in [-0.15, -0.1) is 0 Å². The molecule has 1 aromatic rings. The average Bonchev–Trinajstić information content (AvgIpc) is 2.39. The number of ether oxygens (including phenoxy) is 1. The van der Waals surface area contributed by atoms with Gasteiger partial charge in [-0.1, -0.05) is 36.2 Å². The van der Waals surface area contributed by atoms with Crippen molar-refractivity contribution in [2.75, 3.05) is 19.8 Å². The lowest BCUT2D eigenvalue weighted by atomic mass is 10.0. The number of benzene rings is 1. The summed E-state index contributed by atoms with van der Waals surface area (Å²) in [6.07, 6.45) is 2.97. The van der Waals surface area contributed by atoms with Gasteiger partial charge < -0.3 is 10.1 Å². The molecule has 0 saturated heterocycles. The fraction of sp³-hybridized carbons (Fsp3) is 0.600. The molecule has 0 bridgehead atoms. The number of halogens is 2. The van der Waals surface area contributed by atoms with Crippen LogP contribution in [0.25, 0.3) is 0 Å². The first-order valence-corrected chi connectivity index (χ1v) is 7.68. The highest BCUT2D eigenvalue weighted by Crippen LogP contribution is 2.26. The summed E-state index contributed by atoms with van der Waals surface area (Å²) in [4.78, 5) is 0. The van der Waals surface area contributed by atoms with Crippen molar-refractivity contribution >= 4 is 23.2 Å². The monoisotopic (exact) mass is 303 g/mol. The Morgan fingerprint density at radius 1 is 1.21 bits per heavy atom. The lowest BCUT2D eigenvalue weighted by molar-refractivity contribution is 0.141. The summed E-state index contributed by atoms with van der Waals surface area (Å²) in [7, 11) is 0. The van der Waals surface area contributed by atoms with Gasteiger partial charge in [-0.3, -0.25) is 0 Å². The van der Waals surface area contributed by atoms with Gasteiger partial charge in [-0.2, -0.15) is 0 Å². The van der Waals surface area contributed by atoms with Crippen LogP contribution in [-0.4, -0.2) is 25.8 Å². The molecule has 0 heterocycles. The summed E-state index contributed by atoms with van der Waals surface area (Å²) in [5.74, 6) is 0. The molecule has 4 heteroatoms. The Morgan fingerprint density at radius 3 is 2.47 bits per heavy atom. The zero-order chi connectivity index (χ0) is 14.1. The third kappa shape index (κ3) is 6.13. The molecule has 19 heavy (non-hydrogen) atoms. The first-order valence-electron chi connectivity index (χ1n) is 6.93. The van der Waals surface area contributed by atoms with Crippen LogP contribution in [0.2, 0.25) is 10.0 Å². The molecule has 1 unspecified atom stereocenters. The van der Waals surface area contributed by atoms with Crippen LogP contribution in [0.4, 0.5) is 0 Å². The van der Waals surface area contributed by atoms with Crippen molar-refractivity contribution in [2.24, 2.45) is 0 Å². The molecule has 2 nitrogen and oxygen atoms in total. The van der Waals surface area contributed by atoms with E-state index in [4.69, 9.17) is 27.9 Å². The number of hydrogen-bond acceptors (Lipinski definition) is 2. The third-order valence-electron chi connectivity index (χ3n) is 3.05. The Kier molecular flexibility index (Phi) is 8.47. The van der Waals surface area contributed by atoms with Gasteiger partial charge in [0.2, 0.25) is 0 Å². The first kappa shape index (κ1) is 16.8. The molecule has 0 aromatic heterocycles. The minimum atomic E-state index is 0.392. The van der Waals surface area contributed by atoms with Crippen LogP contribution >= 0.6 is 23.2 Å². The van der Waals surface area contributed by atoms with Gasteiger partial charge in [-0.05, 0) is 50.4 Å². The van der Waals surface area contributed by atoms with E-state index < -0.39 is 0 Å². The van der Waals surface area contributed by atoms with Crippen LogP contribution in [0, 0.1) is 0 Å². The molecule has 0 radical (unpaired) electrons. The molecule has 0 aliphatic carbocycles. The van der Waals surface area contributed by atoms with Crippen LogP contribution in [0.5, 0.6) is 0 Å². The van der Waals surface area contributed by atoms with Crippen molar-refractivity contribution in [3.63, 3.8) is 0 Å². The van der Waals surface area contributed by atoms with E-state index in [0.717, 1.165) is 54.6 Å². The maximum absolute atomic E-state index is 6.22. The van der Waals surface area contributed by atoms with Crippen molar-refractivity contribution < 1.29 is 4.74 Å². The van der Waals surface area contributed by atoms with E-state index in [1.165, 1.54) is 0 Å². The number of hydrogen-bond donors (Lipinski definition) is 1. The van der Waals surface area contributed by atoms with Crippen LogP contribution in [0.1, 0.15) is 32.3 Å². The van der Waals surface area contributed by atoms with E-state index in [0.29, 0.717) is 6.04 Å². The highest BCUT2D eigenvalue weighted by Gasteiger charge is 2.13. The van der Waals surface area contributed by atoms with Crippen LogP contribution < -0.4 is 5.32 Å². The van der Waals surface area contributed by atoms with E-state index in [-0.39, 0.29) is 0 Å². The minimum Gasteiger partial charge on any atom is -0.382 e. The standard InChI is InChI=1S/C15H23Cl2NO/c1-3-18-12(7-6-10-19-4-2)11-13-14(16)8-5-9-15(13)17/h5,8-9,12,18H,3-4,6-7,10-11H2,1-2H3. The quantitative estimate of drug-likeness (QED) is 0.686. The molecule has 0 spiro atoms. The Balaban J connectivity index is 2.57. The van der Waals surface area contributed by atoms with Crippen molar-refractivity contribution in [3.05, 3.63) is 33.8 Å². The van der Waals surface area contributed by atoms with Crippen LogP contribution in [-0.2, 0) is 11.2 Å². The lowest BCUT2D eigenvalue weighted by Crippen LogP contribution is -2.31. The largest absolute Gasteiger partial charge is 0.382 e. The summed E-state index contributed by atoms with van der Waals surface area (Å²) in [6.45, 7) is 6.67. The fourth-order valence-electron chi connectivity index (χ4n) is 2.11. The Hall–Kier alpha value is -0.280. The van der Waals surface area contributed by atoms with Gasteiger partial charge in [-0.25, -0.2) is 0 Å². The fourth-order valence-corrected chi connectivity index (χ4v) is 2.67. The van der Waals surface area contributed by atoms with E-state index in [9.17, 15) is 0 Å². The highest BCUT2D eigenvalue weighted by molar-refractivity contribution is 6.35. The summed E-state index contributed by atoms with van der Waals surface area (Å²) >= 11 is 12.4. The van der Waals surface area contributed by atoms with Crippen molar-refractivity contribution in [1.29, 1.82) is 0 Å². The molecule has 108 valence electrons. The number of rotatable bonds is 9. The lowest BCUT2D eigenvalue weighted by Gasteiger charge is -2.19. The topological polar surface area (TPSA) is 21.3 Å². The molecular formula is C15H23Cl2NO. The van der Waals surface area contributed by atoms with E-state index in [1.54, 1.807) is 0 Å². The second kappa shape index (κ2) is 9.60. The van der Waals surface area contributed by atoms with Gasteiger partial charge in [0.15, 0.2) is 0 Å². The third-order valence-corrected chi connectivity index (χ3v) is 3.76. The van der Waals surface area contributed by atoms with E-state index >= 15 is 0 Å². The maximum atomic E-state index is 6.22. The van der Waals surface area contributed by atoms with Gasteiger partial charge >= 0.3 is 0 Å². The molecule has 1 atom stereocenters. The van der Waals surface area contributed by atoms with E-state index in [2.05, 4.69) is 12.2 Å². The minimum absolute atomic E-state index is 0.392.